The lowest BCUT2D eigenvalue weighted by molar-refractivity contribution is -0.122. The lowest BCUT2D eigenvalue weighted by Gasteiger charge is -2.38. The number of carbonyl (C=O) groups excluding carboxylic acids is 1. The Kier molecular flexibility index (Phi) is 5.86. The van der Waals surface area contributed by atoms with Crippen LogP contribution in [0.4, 0.5) is 0 Å². The minimum Gasteiger partial charge on any atom is -0.395 e. The number of hydrogen-bond donors (Lipinski definition) is 1. The first kappa shape index (κ1) is 21.6. The van der Waals surface area contributed by atoms with Crippen molar-refractivity contribution in [2.45, 2.75) is 20.3 Å². The molecule has 1 amide bonds. The summed E-state index contributed by atoms with van der Waals surface area (Å²) >= 11 is 0. The average molecular weight is 447 g/mol. The van der Waals surface area contributed by atoms with Gasteiger partial charge in [0.15, 0.2) is 0 Å². The number of aryl methyl sites for hydroxylation is 1. The van der Waals surface area contributed by atoms with E-state index in [0.717, 1.165) is 66.5 Å². The third-order valence-electron chi connectivity index (χ3n) is 6.62. The summed E-state index contributed by atoms with van der Waals surface area (Å²) in [5, 5.41) is 13.9. The van der Waals surface area contributed by atoms with Gasteiger partial charge in [-0.05, 0) is 43.1 Å². The number of piperazine rings is 1. The maximum atomic E-state index is 13.4. The zero-order valence-electron chi connectivity index (χ0n) is 19.2. The summed E-state index contributed by atoms with van der Waals surface area (Å²) < 4.78 is 1.83. The summed E-state index contributed by atoms with van der Waals surface area (Å²) in [5.41, 5.74) is 5.53. The predicted molar refractivity (Wildman–Crippen MR) is 127 cm³/mol. The highest BCUT2D eigenvalue weighted by Crippen LogP contribution is 2.31. The molecule has 3 aliphatic rings. The molecule has 1 saturated heterocycles. The van der Waals surface area contributed by atoms with Crippen molar-refractivity contribution in [3.8, 4) is 0 Å². The number of nitrogens with zero attached hydrogens (tertiary/aromatic N) is 6. The smallest absolute Gasteiger partial charge is 0.255 e. The number of fused-ring (bicyclic) bond motifs is 2. The number of hydrogen-bond acceptors (Lipinski definition) is 6. The molecular formula is C25H30N6O2. The molecule has 0 saturated carbocycles. The van der Waals surface area contributed by atoms with Gasteiger partial charge in [-0.15, -0.1) is 0 Å². The van der Waals surface area contributed by atoms with Crippen LogP contribution in [0.25, 0.3) is 11.1 Å². The van der Waals surface area contributed by atoms with Crippen LogP contribution in [0.2, 0.25) is 0 Å². The van der Waals surface area contributed by atoms with E-state index >= 15 is 0 Å². The van der Waals surface area contributed by atoms with Crippen molar-refractivity contribution in [2.24, 2.45) is 5.92 Å². The van der Waals surface area contributed by atoms with Crippen LogP contribution in [0.5, 0.6) is 0 Å². The van der Waals surface area contributed by atoms with E-state index in [0.29, 0.717) is 6.54 Å². The summed E-state index contributed by atoms with van der Waals surface area (Å²) in [6.07, 6.45) is 14.5. The van der Waals surface area contributed by atoms with Gasteiger partial charge in [-0.3, -0.25) is 19.6 Å². The first-order valence-corrected chi connectivity index (χ1v) is 11.6. The Labute approximate surface area is 193 Å². The van der Waals surface area contributed by atoms with Crippen LogP contribution in [0.15, 0.2) is 60.4 Å². The van der Waals surface area contributed by atoms with Gasteiger partial charge in [-0.1, -0.05) is 13.0 Å². The third-order valence-corrected chi connectivity index (χ3v) is 6.62. The summed E-state index contributed by atoms with van der Waals surface area (Å²) in [6.45, 7) is 8.55. The fourth-order valence-corrected chi connectivity index (χ4v) is 4.64. The number of carbonyl (C=O) groups is 1. The van der Waals surface area contributed by atoms with Crippen molar-refractivity contribution in [1.29, 1.82) is 0 Å². The first-order valence-electron chi connectivity index (χ1n) is 11.6. The van der Waals surface area contributed by atoms with Gasteiger partial charge in [0, 0.05) is 50.7 Å². The Morgan fingerprint density at radius 1 is 1.15 bits per heavy atom. The van der Waals surface area contributed by atoms with Crippen LogP contribution >= 0.6 is 0 Å². The molecule has 5 heterocycles. The lowest BCUT2D eigenvalue weighted by Crippen LogP contribution is -2.47. The molecule has 1 unspecified atom stereocenters. The maximum absolute atomic E-state index is 13.4. The second-order valence-electron chi connectivity index (χ2n) is 8.94. The van der Waals surface area contributed by atoms with Crippen molar-refractivity contribution < 1.29 is 9.90 Å². The van der Waals surface area contributed by atoms with Crippen molar-refractivity contribution in [2.75, 3.05) is 39.3 Å². The number of allylic oxidation sites excluding steroid dienone is 4. The van der Waals surface area contributed by atoms with Crippen LogP contribution in [0, 0.1) is 12.8 Å². The fourth-order valence-electron chi connectivity index (χ4n) is 4.64. The average Bonchev–Trinajstić information content (AvgIpc) is 3.23. The molecule has 2 aromatic heterocycles. The van der Waals surface area contributed by atoms with E-state index in [1.807, 2.05) is 42.2 Å². The second-order valence-corrected chi connectivity index (χ2v) is 8.94. The minimum atomic E-state index is -0.0603. The van der Waals surface area contributed by atoms with Crippen LogP contribution in [-0.4, -0.2) is 79.6 Å². The number of aromatic nitrogens is 3. The number of β-amino-alcohol motifs (C(OH)–C–C–N with tert-alkyl or cyclic N) is 1. The number of amides is 1. The van der Waals surface area contributed by atoms with Gasteiger partial charge in [-0.2, -0.15) is 5.10 Å². The molecule has 0 aliphatic carbocycles. The van der Waals surface area contributed by atoms with Crippen molar-refractivity contribution in [3.63, 3.8) is 0 Å². The molecule has 8 heteroatoms. The van der Waals surface area contributed by atoms with Crippen molar-refractivity contribution >= 4 is 17.0 Å². The minimum absolute atomic E-state index is 0.0603. The summed E-state index contributed by atoms with van der Waals surface area (Å²) in [4.78, 5) is 24.1. The maximum Gasteiger partial charge on any atom is 0.255 e. The Balaban J connectivity index is 1.41. The van der Waals surface area contributed by atoms with E-state index in [1.165, 1.54) is 0 Å². The molecule has 8 nitrogen and oxygen atoms in total. The molecule has 2 aromatic rings. The quantitative estimate of drug-likeness (QED) is 0.776. The van der Waals surface area contributed by atoms with E-state index in [4.69, 9.17) is 5.10 Å². The Morgan fingerprint density at radius 3 is 2.73 bits per heavy atom. The highest BCUT2D eigenvalue weighted by molar-refractivity contribution is 5.97. The summed E-state index contributed by atoms with van der Waals surface area (Å²) in [7, 11) is 0. The molecule has 1 atom stereocenters. The topological polar surface area (TPSA) is 77.2 Å². The van der Waals surface area contributed by atoms with Crippen LogP contribution in [0.1, 0.15) is 24.7 Å². The zero-order chi connectivity index (χ0) is 22.9. The Morgan fingerprint density at radius 2 is 1.94 bits per heavy atom. The van der Waals surface area contributed by atoms with Crippen LogP contribution in [0.3, 0.4) is 0 Å². The van der Waals surface area contributed by atoms with E-state index in [9.17, 15) is 9.90 Å². The van der Waals surface area contributed by atoms with Gasteiger partial charge >= 0.3 is 0 Å². The second kappa shape index (κ2) is 8.96. The molecule has 1 N–H and O–H groups in total. The van der Waals surface area contributed by atoms with Gasteiger partial charge < -0.3 is 10.0 Å². The van der Waals surface area contributed by atoms with Crippen LogP contribution in [-0.2, 0) is 4.79 Å². The zero-order valence-corrected chi connectivity index (χ0v) is 19.2. The lowest BCUT2D eigenvalue weighted by atomic mass is 9.92. The monoisotopic (exact) mass is 446 g/mol. The molecule has 172 valence electrons. The van der Waals surface area contributed by atoms with Gasteiger partial charge in [0.2, 0.25) is 0 Å². The molecule has 0 spiro atoms. The molecule has 0 aromatic carbocycles. The number of aliphatic hydroxyl groups excluding tert-OH is 1. The van der Waals surface area contributed by atoms with Crippen molar-refractivity contribution in [1.82, 2.24) is 29.3 Å². The Bertz CT molecular complexity index is 1180. The number of rotatable bonds is 4. The molecule has 0 radical (unpaired) electrons. The standard InChI is InChI=1S/C25H30N6O2/c1-18-3-4-20-5-6-21(29-9-7-28(8-10-29)11-12-32)17-30(20)25(33)14-23(18)24-13-22-15-26-19(2)16-31(22)27-24/h4-6,13-18,32H,3,7-12H2,1-2H3. The normalized spacial score (nSPS) is 22.0. The SMILES string of the molecule is Cc1cn2nc(C3=CC(=O)N4C=C(N5CCN(CCO)CC5)C=CC4=CCC3C)cc2cn1. The van der Waals surface area contributed by atoms with Crippen LogP contribution < -0.4 is 0 Å². The Hall–Kier alpha value is -3.23. The van der Waals surface area contributed by atoms with E-state index in [2.05, 4.69) is 33.9 Å². The van der Waals surface area contributed by atoms with Gasteiger partial charge in [-0.25, -0.2) is 4.52 Å². The summed E-state index contributed by atoms with van der Waals surface area (Å²) in [5.74, 6) is 0.107. The largest absolute Gasteiger partial charge is 0.395 e. The van der Waals surface area contributed by atoms with E-state index in [-0.39, 0.29) is 18.4 Å². The highest BCUT2D eigenvalue weighted by atomic mass is 16.3. The van der Waals surface area contributed by atoms with E-state index < -0.39 is 0 Å². The summed E-state index contributed by atoms with van der Waals surface area (Å²) in [6, 6.07) is 2.00. The van der Waals surface area contributed by atoms with Gasteiger partial charge in [0.1, 0.15) is 0 Å². The number of aliphatic hydroxyl groups is 1. The van der Waals surface area contributed by atoms with Crippen molar-refractivity contribution in [3.05, 3.63) is 71.7 Å². The fraction of sp³-hybridized carbons (Fsp3) is 0.400. The molecule has 0 bridgehead atoms. The predicted octanol–water partition coefficient (Wildman–Crippen LogP) is 2.19. The van der Waals surface area contributed by atoms with Gasteiger partial charge in [0.25, 0.3) is 5.91 Å². The van der Waals surface area contributed by atoms with E-state index in [1.54, 1.807) is 11.0 Å². The third kappa shape index (κ3) is 4.36. The molecule has 33 heavy (non-hydrogen) atoms. The molecular weight excluding hydrogens is 416 g/mol. The van der Waals surface area contributed by atoms with Gasteiger partial charge in [0.05, 0.1) is 41.6 Å². The molecule has 1 fully saturated rings. The first-order chi connectivity index (χ1) is 16.0. The molecule has 3 aliphatic heterocycles. The highest BCUT2D eigenvalue weighted by Gasteiger charge is 2.26. The molecule has 5 rings (SSSR count).